The quantitative estimate of drug-likeness (QED) is 0.559. The Morgan fingerprint density at radius 3 is 2.63 bits per heavy atom. The highest BCUT2D eigenvalue weighted by molar-refractivity contribution is 5.83. The molecule has 0 rings (SSSR count). The molecule has 0 aliphatic heterocycles. The molecule has 1 atom stereocenters. The zero-order valence-corrected chi connectivity index (χ0v) is 12.4. The lowest BCUT2D eigenvalue weighted by molar-refractivity contribution is -0.141. The van der Waals surface area contributed by atoms with E-state index in [1.54, 1.807) is 27.7 Å². The van der Waals surface area contributed by atoms with Gasteiger partial charge in [0, 0.05) is 25.6 Å². The molecule has 5 heteroatoms. The lowest BCUT2D eigenvalue weighted by Gasteiger charge is -2.29. The molecule has 1 N–H and O–H groups in total. The Bertz CT molecular complexity index is 367. The largest absolute Gasteiger partial charge is 0.460 e. The first-order valence-corrected chi connectivity index (χ1v) is 6.36. The lowest BCUT2D eigenvalue weighted by atomic mass is 9.96. The summed E-state index contributed by atoms with van der Waals surface area (Å²) >= 11 is 0. The van der Waals surface area contributed by atoms with Crippen molar-refractivity contribution in [3.8, 4) is 6.07 Å². The molecule has 19 heavy (non-hydrogen) atoms. The van der Waals surface area contributed by atoms with Crippen molar-refractivity contribution >= 4 is 5.97 Å². The van der Waals surface area contributed by atoms with E-state index < -0.39 is 11.6 Å². The second-order valence-corrected chi connectivity index (χ2v) is 5.23. The van der Waals surface area contributed by atoms with Gasteiger partial charge in [0.05, 0.1) is 17.8 Å². The average Bonchev–Trinajstić information content (AvgIpc) is 2.24. The average molecular weight is 268 g/mol. The lowest BCUT2D eigenvalue weighted by Crippen LogP contribution is -2.40. The minimum atomic E-state index is -1.12. The number of ether oxygens (including phenoxy) is 1. The first kappa shape index (κ1) is 17.6. The van der Waals surface area contributed by atoms with Crippen molar-refractivity contribution < 1.29 is 14.6 Å². The van der Waals surface area contributed by atoms with Crippen LogP contribution in [-0.2, 0) is 9.53 Å². The number of nitriles is 1. The maximum atomic E-state index is 11.5. The van der Waals surface area contributed by atoms with Crippen LogP contribution in [0.5, 0.6) is 0 Å². The van der Waals surface area contributed by atoms with Crippen LogP contribution in [0.4, 0.5) is 0 Å². The zero-order chi connectivity index (χ0) is 15.1. The number of esters is 1. The van der Waals surface area contributed by atoms with Gasteiger partial charge in [0.25, 0.3) is 0 Å². The van der Waals surface area contributed by atoms with Crippen molar-refractivity contribution in [2.24, 2.45) is 0 Å². The molecule has 0 saturated heterocycles. The predicted octanol–water partition coefficient (Wildman–Crippen LogP) is 1.48. The number of hydrogen-bond donors (Lipinski definition) is 1. The molecule has 0 fully saturated rings. The summed E-state index contributed by atoms with van der Waals surface area (Å²) in [5, 5.41) is 18.8. The predicted molar refractivity (Wildman–Crippen MR) is 73.3 cm³/mol. The molecule has 0 radical (unpaired) electrons. The van der Waals surface area contributed by atoms with E-state index in [-0.39, 0.29) is 6.10 Å². The Morgan fingerprint density at radius 2 is 2.16 bits per heavy atom. The summed E-state index contributed by atoms with van der Waals surface area (Å²) in [5.74, 6) is -0.451. The van der Waals surface area contributed by atoms with Gasteiger partial charge >= 0.3 is 5.97 Å². The van der Waals surface area contributed by atoms with Gasteiger partial charge in [0.2, 0.25) is 0 Å². The number of aliphatic hydroxyl groups is 1. The van der Waals surface area contributed by atoms with Crippen molar-refractivity contribution in [1.82, 2.24) is 4.90 Å². The molecule has 1 unspecified atom stereocenters. The Kier molecular flexibility index (Phi) is 7.35. The van der Waals surface area contributed by atoms with Gasteiger partial charge in [-0.2, -0.15) is 5.26 Å². The fourth-order valence-electron chi connectivity index (χ4n) is 1.57. The van der Waals surface area contributed by atoms with E-state index in [0.717, 1.165) is 0 Å². The van der Waals surface area contributed by atoms with Crippen LogP contribution in [-0.4, -0.2) is 47.8 Å². The van der Waals surface area contributed by atoms with E-state index >= 15 is 0 Å². The summed E-state index contributed by atoms with van der Waals surface area (Å²) in [6.45, 7) is 7.82. The molecule has 0 saturated carbocycles. The van der Waals surface area contributed by atoms with Crippen LogP contribution in [0.3, 0.4) is 0 Å². The third-order valence-corrected chi connectivity index (χ3v) is 2.72. The highest BCUT2D eigenvalue weighted by Gasteiger charge is 2.25. The van der Waals surface area contributed by atoms with E-state index in [9.17, 15) is 9.90 Å². The number of likely N-dealkylation sites (N-methyl/N-ethyl adjacent to an activating group) is 1. The van der Waals surface area contributed by atoms with Crippen molar-refractivity contribution in [2.75, 3.05) is 20.1 Å². The van der Waals surface area contributed by atoms with E-state index in [2.05, 4.69) is 6.07 Å². The fraction of sp³-hybridized carbons (Fsp3) is 0.714. The molecule has 5 nitrogen and oxygen atoms in total. The highest BCUT2D eigenvalue weighted by atomic mass is 16.5. The van der Waals surface area contributed by atoms with Gasteiger partial charge in [-0.1, -0.05) is 0 Å². The standard InChI is InChI=1S/C14H24N2O3/c1-11(2)19-13(17)9-12(3)14(4,18)10-16(5)8-6-7-15/h9,11,18H,6,8,10H2,1-5H3/b12-9+. The van der Waals surface area contributed by atoms with E-state index in [1.807, 2.05) is 11.9 Å². The summed E-state index contributed by atoms with van der Waals surface area (Å²) in [6.07, 6.45) is 1.54. The SMILES string of the molecule is C/C(=C\C(=O)OC(C)C)C(C)(O)CN(C)CCC#N. The van der Waals surface area contributed by atoms with Gasteiger partial charge < -0.3 is 14.7 Å². The van der Waals surface area contributed by atoms with Crippen LogP contribution < -0.4 is 0 Å². The van der Waals surface area contributed by atoms with Crippen molar-refractivity contribution in [3.63, 3.8) is 0 Å². The number of carbonyl (C=O) groups is 1. The molecule has 0 aromatic carbocycles. The van der Waals surface area contributed by atoms with Crippen molar-refractivity contribution in [1.29, 1.82) is 5.26 Å². The summed E-state index contributed by atoms with van der Waals surface area (Å²) in [6, 6.07) is 2.06. The summed E-state index contributed by atoms with van der Waals surface area (Å²) in [5.41, 5.74) is -0.581. The molecule has 0 spiro atoms. The van der Waals surface area contributed by atoms with Gasteiger partial charge in [-0.3, -0.25) is 0 Å². The van der Waals surface area contributed by atoms with Gasteiger partial charge in [-0.25, -0.2) is 4.79 Å². The second-order valence-electron chi connectivity index (χ2n) is 5.23. The molecule has 0 bridgehead atoms. The molecular formula is C14H24N2O3. The van der Waals surface area contributed by atoms with Gasteiger partial charge in [-0.15, -0.1) is 0 Å². The molecule has 0 aromatic rings. The Hall–Kier alpha value is -1.38. The number of nitrogens with zero attached hydrogens (tertiary/aromatic N) is 2. The molecule has 0 aromatic heterocycles. The third kappa shape index (κ3) is 7.60. The third-order valence-electron chi connectivity index (χ3n) is 2.72. The number of rotatable bonds is 7. The first-order chi connectivity index (χ1) is 8.69. The summed E-state index contributed by atoms with van der Waals surface area (Å²) < 4.78 is 5.00. The number of carbonyl (C=O) groups excluding carboxylic acids is 1. The van der Waals surface area contributed by atoms with E-state index in [4.69, 9.17) is 10.00 Å². The second kappa shape index (κ2) is 7.93. The minimum absolute atomic E-state index is 0.181. The smallest absolute Gasteiger partial charge is 0.331 e. The van der Waals surface area contributed by atoms with E-state index in [0.29, 0.717) is 25.1 Å². The summed E-state index contributed by atoms with van der Waals surface area (Å²) in [4.78, 5) is 13.4. The minimum Gasteiger partial charge on any atom is -0.460 e. The van der Waals surface area contributed by atoms with Crippen LogP contribution in [0.2, 0.25) is 0 Å². The Balaban J connectivity index is 4.58. The van der Waals surface area contributed by atoms with E-state index in [1.165, 1.54) is 6.08 Å². The summed E-state index contributed by atoms with van der Waals surface area (Å²) in [7, 11) is 1.82. The molecule has 108 valence electrons. The molecule has 0 aliphatic rings. The first-order valence-electron chi connectivity index (χ1n) is 6.36. The van der Waals surface area contributed by atoms with Crippen molar-refractivity contribution in [2.45, 2.75) is 45.8 Å². The Labute approximate surface area is 115 Å². The van der Waals surface area contributed by atoms with Crippen LogP contribution in [0.25, 0.3) is 0 Å². The van der Waals surface area contributed by atoms with Gasteiger partial charge in [0.15, 0.2) is 0 Å². The van der Waals surface area contributed by atoms with Crippen LogP contribution in [0.1, 0.15) is 34.1 Å². The topological polar surface area (TPSA) is 73.6 Å². The Morgan fingerprint density at radius 1 is 1.58 bits per heavy atom. The highest BCUT2D eigenvalue weighted by Crippen LogP contribution is 2.17. The maximum absolute atomic E-state index is 11.5. The maximum Gasteiger partial charge on any atom is 0.331 e. The van der Waals surface area contributed by atoms with Crippen LogP contribution in [0, 0.1) is 11.3 Å². The van der Waals surface area contributed by atoms with Crippen molar-refractivity contribution in [3.05, 3.63) is 11.6 Å². The monoisotopic (exact) mass is 268 g/mol. The molecule has 0 aliphatic carbocycles. The molecule has 0 heterocycles. The van der Waals surface area contributed by atoms with Gasteiger partial charge in [-0.05, 0) is 40.3 Å². The normalized spacial score (nSPS) is 15.2. The van der Waals surface area contributed by atoms with Gasteiger partial charge in [0.1, 0.15) is 0 Å². The van der Waals surface area contributed by atoms with Crippen LogP contribution >= 0.6 is 0 Å². The molecular weight excluding hydrogens is 244 g/mol. The van der Waals surface area contributed by atoms with Crippen LogP contribution in [0.15, 0.2) is 11.6 Å². The number of hydrogen-bond acceptors (Lipinski definition) is 5. The zero-order valence-electron chi connectivity index (χ0n) is 12.4. The fourth-order valence-corrected chi connectivity index (χ4v) is 1.57. The molecule has 0 amide bonds.